The molecule has 0 radical (unpaired) electrons. The standard InChI is InChI=1S/C8H13BrN2O/c1-8(2,3)11-5-10-7(12-4)6(11)9/h5H,1-4H3. The van der Waals surface area contributed by atoms with Gasteiger partial charge in [0, 0.05) is 5.54 Å². The van der Waals surface area contributed by atoms with Crippen molar-refractivity contribution in [3.8, 4) is 5.88 Å². The molecular weight excluding hydrogens is 220 g/mol. The average Bonchev–Trinajstić information content (AvgIpc) is 2.29. The van der Waals surface area contributed by atoms with Crippen LogP contribution in [0.5, 0.6) is 5.88 Å². The average molecular weight is 233 g/mol. The van der Waals surface area contributed by atoms with Crippen LogP contribution < -0.4 is 4.74 Å². The Labute approximate surface area is 80.9 Å². The molecule has 1 rings (SSSR count). The fourth-order valence-electron chi connectivity index (χ4n) is 0.922. The molecule has 0 aliphatic carbocycles. The van der Waals surface area contributed by atoms with Gasteiger partial charge < -0.3 is 9.30 Å². The van der Waals surface area contributed by atoms with Crippen LogP contribution >= 0.6 is 15.9 Å². The maximum Gasteiger partial charge on any atom is 0.246 e. The number of imidazole rings is 1. The van der Waals surface area contributed by atoms with Crippen LogP contribution in [0.1, 0.15) is 20.8 Å². The normalized spacial score (nSPS) is 11.8. The predicted molar refractivity (Wildman–Crippen MR) is 51.5 cm³/mol. The lowest BCUT2D eigenvalue weighted by Crippen LogP contribution is -2.20. The number of ether oxygens (including phenoxy) is 1. The number of hydrogen-bond acceptors (Lipinski definition) is 2. The highest BCUT2D eigenvalue weighted by molar-refractivity contribution is 9.10. The molecule has 0 unspecified atom stereocenters. The summed E-state index contributed by atoms with van der Waals surface area (Å²) in [6, 6.07) is 0. The molecule has 0 saturated heterocycles. The fraction of sp³-hybridized carbons (Fsp3) is 0.625. The SMILES string of the molecule is COc1ncn(C(C)(C)C)c1Br. The molecule has 0 aliphatic rings. The second kappa shape index (κ2) is 3.09. The van der Waals surface area contributed by atoms with Crippen molar-refractivity contribution in [1.29, 1.82) is 0 Å². The lowest BCUT2D eigenvalue weighted by Gasteiger charge is -2.21. The first-order valence-electron chi connectivity index (χ1n) is 3.74. The van der Waals surface area contributed by atoms with E-state index in [1.165, 1.54) is 0 Å². The molecular formula is C8H13BrN2O. The molecule has 0 saturated carbocycles. The summed E-state index contributed by atoms with van der Waals surface area (Å²) in [4.78, 5) is 4.09. The zero-order valence-electron chi connectivity index (χ0n) is 7.76. The number of rotatable bonds is 1. The van der Waals surface area contributed by atoms with Crippen LogP contribution in [-0.2, 0) is 5.54 Å². The van der Waals surface area contributed by atoms with Crippen molar-refractivity contribution in [2.75, 3.05) is 7.11 Å². The van der Waals surface area contributed by atoms with E-state index in [9.17, 15) is 0 Å². The minimum atomic E-state index is 0.0304. The van der Waals surface area contributed by atoms with Gasteiger partial charge in [-0.25, -0.2) is 4.98 Å². The van der Waals surface area contributed by atoms with Gasteiger partial charge in [-0.15, -0.1) is 0 Å². The smallest absolute Gasteiger partial charge is 0.246 e. The van der Waals surface area contributed by atoms with Crippen molar-refractivity contribution in [3.05, 3.63) is 10.9 Å². The van der Waals surface area contributed by atoms with Crippen molar-refractivity contribution in [1.82, 2.24) is 9.55 Å². The Bertz CT molecular complexity index is 275. The molecule has 3 nitrogen and oxygen atoms in total. The zero-order valence-corrected chi connectivity index (χ0v) is 9.34. The quantitative estimate of drug-likeness (QED) is 0.744. The summed E-state index contributed by atoms with van der Waals surface area (Å²) in [6.45, 7) is 6.33. The third-order valence-corrected chi connectivity index (χ3v) is 2.32. The molecule has 4 heteroatoms. The first-order valence-corrected chi connectivity index (χ1v) is 4.53. The molecule has 0 N–H and O–H groups in total. The lowest BCUT2D eigenvalue weighted by atomic mass is 10.1. The molecule has 1 aromatic rings. The third kappa shape index (κ3) is 1.63. The molecule has 0 aliphatic heterocycles. The highest BCUT2D eigenvalue weighted by atomic mass is 79.9. The minimum absolute atomic E-state index is 0.0304. The number of aromatic nitrogens is 2. The second-order valence-electron chi connectivity index (χ2n) is 3.59. The van der Waals surface area contributed by atoms with Crippen LogP contribution in [0.3, 0.4) is 0 Å². The van der Waals surface area contributed by atoms with Crippen molar-refractivity contribution in [2.24, 2.45) is 0 Å². The maximum absolute atomic E-state index is 5.04. The molecule has 0 atom stereocenters. The monoisotopic (exact) mass is 232 g/mol. The Morgan fingerprint density at radius 3 is 2.33 bits per heavy atom. The first kappa shape index (κ1) is 9.58. The van der Waals surface area contributed by atoms with Gasteiger partial charge in [-0.2, -0.15) is 0 Å². The fourth-order valence-corrected chi connectivity index (χ4v) is 1.81. The number of nitrogens with zero attached hydrogens (tertiary/aromatic N) is 2. The van der Waals surface area contributed by atoms with Gasteiger partial charge in [0.1, 0.15) is 10.9 Å². The van der Waals surface area contributed by atoms with Gasteiger partial charge in [0.2, 0.25) is 5.88 Å². The summed E-state index contributed by atoms with van der Waals surface area (Å²) in [5.74, 6) is 0.630. The van der Waals surface area contributed by atoms with E-state index in [2.05, 4.69) is 41.7 Å². The van der Waals surface area contributed by atoms with Gasteiger partial charge in [0.15, 0.2) is 0 Å². The van der Waals surface area contributed by atoms with Crippen LogP contribution in [-0.4, -0.2) is 16.7 Å². The lowest BCUT2D eigenvalue weighted by molar-refractivity contribution is 0.373. The van der Waals surface area contributed by atoms with Gasteiger partial charge in [0.05, 0.1) is 7.11 Å². The molecule has 12 heavy (non-hydrogen) atoms. The summed E-state index contributed by atoms with van der Waals surface area (Å²) < 4.78 is 7.95. The van der Waals surface area contributed by atoms with Crippen LogP contribution in [0.2, 0.25) is 0 Å². The molecule has 0 amide bonds. The number of methoxy groups -OCH3 is 1. The van der Waals surface area contributed by atoms with E-state index in [1.807, 2.05) is 4.57 Å². The van der Waals surface area contributed by atoms with Gasteiger partial charge >= 0.3 is 0 Å². The summed E-state index contributed by atoms with van der Waals surface area (Å²) >= 11 is 3.42. The van der Waals surface area contributed by atoms with E-state index in [1.54, 1.807) is 13.4 Å². The van der Waals surface area contributed by atoms with Crippen LogP contribution in [0.4, 0.5) is 0 Å². The largest absolute Gasteiger partial charge is 0.479 e. The molecule has 1 heterocycles. The Morgan fingerprint density at radius 1 is 1.50 bits per heavy atom. The van der Waals surface area contributed by atoms with Gasteiger partial charge in [0.25, 0.3) is 0 Å². The van der Waals surface area contributed by atoms with Crippen molar-refractivity contribution in [3.63, 3.8) is 0 Å². The second-order valence-corrected chi connectivity index (χ2v) is 4.34. The Morgan fingerprint density at radius 2 is 2.08 bits per heavy atom. The summed E-state index contributed by atoms with van der Waals surface area (Å²) in [6.07, 6.45) is 1.77. The topological polar surface area (TPSA) is 27.1 Å². The van der Waals surface area contributed by atoms with E-state index in [-0.39, 0.29) is 5.54 Å². The molecule has 1 aromatic heterocycles. The van der Waals surface area contributed by atoms with Crippen molar-refractivity contribution >= 4 is 15.9 Å². The van der Waals surface area contributed by atoms with E-state index in [0.29, 0.717) is 5.88 Å². The van der Waals surface area contributed by atoms with E-state index < -0.39 is 0 Å². The Hall–Kier alpha value is -0.510. The Balaban J connectivity index is 3.11. The molecule has 0 spiro atoms. The Kier molecular flexibility index (Phi) is 2.46. The number of hydrogen-bond donors (Lipinski definition) is 0. The summed E-state index contributed by atoms with van der Waals surface area (Å²) in [5.41, 5.74) is 0.0304. The molecule has 0 fully saturated rings. The van der Waals surface area contributed by atoms with Crippen LogP contribution in [0.15, 0.2) is 10.9 Å². The summed E-state index contributed by atoms with van der Waals surface area (Å²) in [5, 5.41) is 0. The molecule has 0 aromatic carbocycles. The maximum atomic E-state index is 5.04. The van der Waals surface area contributed by atoms with Gasteiger partial charge in [-0.05, 0) is 36.7 Å². The molecule has 68 valence electrons. The van der Waals surface area contributed by atoms with E-state index >= 15 is 0 Å². The van der Waals surface area contributed by atoms with Crippen LogP contribution in [0, 0.1) is 0 Å². The summed E-state index contributed by atoms with van der Waals surface area (Å²) in [7, 11) is 1.61. The first-order chi connectivity index (χ1) is 5.46. The third-order valence-electron chi connectivity index (χ3n) is 1.59. The zero-order chi connectivity index (χ0) is 9.35. The molecule has 0 bridgehead atoms. The predicted octanol–water partition coefficient (Wildman–Crippen LogP) is 2.41. The minimum Gasteiger partial charge on any atom is -0.479 e. The van der Waals surface area contributed by atoms with Gasteiger partial charge in [-0.3, -0.25) is 0 Å². The van der Waals surface area contributed by atoms with Crippen molar-refractivity contribution < 1.29 is 4.74 Å². The van der Waals surface area contributed by atoms with E-state index in [4.69, 9.17) is 4.74 Å². The van der Waals surface area contributed by atoms with Crippen LogP contribution in [0.25, 0.3) is 0 Å². The highest BCUT2D eigenvalue weighted by Gasteiger charge is 2.18. The number of halogens is 1. The van der Waals surface area contributed by atoms with Crippen molar-refractivity contribution in [2.45, 2.75) is 26.3 Å². The highest BCUT2D eigenvalue weighted by Crippen LogP contribution is 2.28. The van der Waals surface area contributed by atoms with Gasteiger partial charge in [-0.1, -0.05) is 0 Å². The van der Waals surface area contributed by atoms with E-state index in [0.717, 1.165) is 4.60 Å².